The Kier molecular flexibility index (Phi) is 3.64. The van der Waals surface area contributed by atoms with Gasteiger partial charge in [0.15, 0.2) is 0 Å². The maximum atomic E-state index is 12.9. The highest BCUT2D eigenvalue weighted by atomic mass is 19.4. The van der Waals surface area contributed by atoms with Gasteiger partial charge < -0.3 is 0 Å². The van der Waals surface area contributed by atoms with Crippen molar-refractivity contribution in [2.45, 2.75) is 33.0 Å². The number of aryl methyl sites for hydroxylation is 2. The van der Waals surface area contributed by atoms with Crippen molar-refractivity contribution >= 4 is 0 Å². The molecule has 0 saturated carbocycles. The number of aromatic nitrogens is 2. The van der Waals surface area contributed by atoms with E-state index in [1.54, 1.807) is 25.1 Å². The number of alkyl halides is 3. The molecule has 1 aromatic carbocycles. The number of halogens is 3. The number of benzene rings is 1. The minimum absolute atomic E-state index is 0.0861. The van der Waals surface area contributed by atoms with E-state index < -0.39 is 6.30 Å². The molecule has 1 aromatic heterocycles. The molecule has 1 heterocycles. The van der Waals surface area contributed by atoms with Crippen molar-refractivity contribution in [2.75, 3.05) is 0 Å². The Balaban J connectivity index is 2.49. The van der Waals surface area contributed by atoms with Gasteiger partial charge in [-0.2, -0.15) is 9.78 Å². The zero-order chi connectivity index (χ0) is 14.0. The maximum Gasteiger partial charge on any atom is 0.505 e. The predicted octanol–water partition coefficient (Wildman–Crippen LogP) is 4.29. The van der Waals surface area contributed by atoms with Crippen LogP contribution in [0.15, 0.2) is 30.3 Å². The van der Waals surface area contributed by atoms with Crippen molar-refractivity contribution in [3.63, 3.8) is 0 Å². The summed E-state index contributed by atoms with van der Waals surface area (Å²) in [4.78, 5) is 0. The Bertz CT molecular complexity index is 570. The van der Waals surface area contributed by atoms with Gasteiger partial charge in [0.2, 0.25) is 0 Å². The van der Waals surface area contributed by atoms with Gasteiger partial charge in [-0.1, -0.05) is 31.5 Å². The second kappa shape index (κ2) is 5.07. The minimum Gasteiger partial charge on any atom is -0.171 e. The summed E-state index contributed by atoms with van der Waals surface area (Å²) in [5, 5.41) is 3.53. The smallest absolute Gasteiger partial charge is 0.171 e. The molecule has 102 valence electrons. The van der Waals surface area contributed by atoms with E-state index in [-0.39, 0.29) is 10.4 Å². The Morgan fingerprint density at radius 3 is 2.58 bits per heavy atom. The predicted molar refractivity (Wildman–Crippen MR) is 67.7 cm³/mol. The summed E-state index contributed by atoms with van der Waals surface area (Å²) < 4.78 is 38.8. The maximum absolute atomic E-state index is 12.9. The van der Waals surface area contributed by atoms with Gasteiger partial charge >= 0.3 is 6.30 Å². The third-order valence-corrected chi connectivity index (χ3v) is 2.83. The molecule has 0 aliphatic heterocycles. The lowest BCUT2D eigenvalue weighted by Gasteiger charge is -2.11. The second-order valence-corrected chi connectivity index (χ2v) is 4.50. The van der Waals surface area contributed by atoms with Crippen molar-refractivity contribution < 1.29 is 13.2 Å². The van der Waals surface area contributed by atoms with E-state index in [0.29, 0.717) is 11.3 Å². The summed E-state index contributed by atoms with van der Waals surface area (Å²) in [6, 6.07) is 8.64. The third-order valence-electron chi connectivity index (χ3n) is 2.83. The molecule has 0 aliphatic rings. The molecule has 2 nitrogen and oxygen atoms in total. The summed E-state index contributed by atoms with van der Waals surface area (Å²) >= 11 is 0. The van der Waals surface area contributed by atoms with Crippen LogP contribution in [-0.2, 0) is 12.7 Å². The molecule has 2 rings (SSSR count). The molecule has 0 atom stereocenters. The SMILES string of the molecule is CCCc1cccc(-c2cc(C)nn2C(F)(F)F)c1. The normalized spacial score (nSPS) is 11.8. The Labute approximate surface area is 109 Å². The standard InChI is InChI=1S/C14H15F3N2/c1-3-5-11-6-4-7-12(9-11)13-8-10(2)18-19(13)14(15,16)17/h4,6-9H,3,5H2,1-2H3. The minimum atomic E-state index is -4.50. The average Bonchev–Trinajstić information content (AvgIpc) is 2.72. The molecule has 0 unspecified atom stereocenters. The van der Waals surface area contributed by atoms with Gasteiger partial charge in [-0.05, 0) is 31.0 Å². The van der Waals surface area contributed by atoms with Crippen LogP contribution in [0, 0.1) is 6.92 Å². The van der Waals surface area contributed by atoms with Crippen LogP contribution >= 0.6 is 0 Å². The molecule has 0 amide bonds. The molecule has 0 aliphatic carbocycles. The number of rotatable bonds is 3. The Morgan fingerprint density at radius 2 is 1.95 bits per heavy atom. The first-order chi connectivity index (χ1) is 8.91. The van der Waals surface area contributed by atoms with Crippen LogP contribution in [0.25, 0.3) is 11.3 Å². The van der Waals surface area contributed by atoms with Gasteiger partial charge in [-0.25, -0.2) is 0 Å². The molecule has 0 radical (unpaired) electrons. The Morgan fingerprint density at radius 1 is 1.21 bits per heavy atom. The molecule has 0 bridgehead atoms. The van der Waals surface area contributed by atoms with Crippen molar-refractivity contribution in [1.82, 2.24) is 9.78 Å². The van der Waals surface area contributed by atoms with Crippen LogP contribution in [0.3, 0.4) is 0 Å². The van der Waals surface area contributed by atoms with E-state index in [4.69, 9.17) is 0 Å². The van der Waals surface area contributed by atoms with Gasteiger partial charge in [0, 0.05) is 5.56 Å². The monoisotopic (exact) mass is 268 g/mol. The van der Waals surface area contributed by atoms with Crippen molar-refractivity contribution in [3.8, 4) is 11.3 Å². The van der Waals surface area contributed by atoms with Crippen molar-refractivity contribution in [2.24, 2.45) is 0 Å². The van der Waals surface area contributed by atoms with Crippen LogP contribution in [0.5, 0.6) is 0 Å². The molecular formula is C14H15F3N2. The lowest BCUT2D eigenvalue weighted by Crippen LogP contribution is -2.19. The van der Waals surface area contributed by atoms with E-state index >= 15 is 0 Å². The lowest BCUT2D eigenvalue weighted by atomic mass is 10.0. The van der Waals surface area contributed by atoms with Gasteiger partial charge in [0.25, 0.3) is 0 Å². The van der Waals surface area contributed by atoms with Crippen LogP contribution in [0.2, 0.25) is 0 Å². The van der Waals surface area contributed by atoms with Crippen molar-refractivity contribution in [3.05, 3.63) is 41.6 Å². The summed E-state index contributed by atoms with van der Waals surface area (Å²) in [5.74, 6) is 0. The molecule has 0 saturated heterocycles. The summed E-state index contributed by atoms with van der Waals surface area (Å²) in [7, 11) is 0. The average molecular weight is 268 g/mol. The number of hydrogen-bond acceptors (Lipinski definition) is 1. The van der Waals surface area contributed by atoms with Gasteiger partial charge in [0.1, 0.15) is 0 Å². The van der Waals surface area contributed by atoms with Gasteiger partial charge in [-0.3, -0.25) is 0 Å². The molecule has 0 fully saturated rings. The van der Waals surface area contributed by atoms with Crippen LogP contribution in [0.1, 0.15) is 24.6 Å². The van der Waals surface area contributed by atoms with Gasteiger partial charge in [-0.15, -0.1) is 13.2 Å². The molecule has 0 N–H and O–H groups in total. The zero-order valence-corrected chi connectivity index (χ0v) is 10.8. The van der Waals surface area contributed by atoms with Crippen LogP contribution in [-0.4, -0.2) is 9.78 Å². The fraction of sp³-hybridized carbons (Fsp3) is 0.357. The molecule has 19 heavy (non-hydrogen) atoms. The summed E-state index contributed by atoms with van der Waals surface area (Å²) in [5.41, 5.74) is 2.02. The zero-order valence-electron chi connectivity index (χ0n) is 10.8. The first-order valence-corrected chi connectivity index (χ1v) is 6.15. The molecule has 2 aromatic rings. The number of nitrogens with zero attached hydrogens (tertiary/aromatic N) is 2. The Hall–Kier alpha value is -1.78. The topological polar surface area (TPSA) is 17.8 Å². The molecule has 5 heteroatoms. The summed E-state index contributed by atoms with van der Waals surface area (Å²) in [6.45, 7) is 3.60. The molecular weight excluding hydrogens is 253 g/mol. The van der Waals surface area contributed by atoms with Crippen LogP contribution in [0.4, 0.5) is 13.2 Å². The highest BCUT2D eigenvalue weighted by molar-refractivity contribution is 5.61. The first-order valence-electron chi connectivity index (χ1n) is 6.15. The second-order valence-electron chi connectivity index (χ2n) is 4.50. The highest BCUT2D eigenvalue weighted by Crippen LogP contribution is 2.30. The summed E-state index contributed by atoms with van der Waals surface area (Å²) in [6.07, 6.45) is -2.68. The van der Waals surface area contributed by atoms with E-state index in [1.165, 1.54) is 6.07 Å². The lowest BCUT2D eigenvalue weighted by molar-refractivity contribution is -0.211. The van der Waals surface area contributed by atoms with E-state index in [0.717, 1.165) is 18.4 Å². The quantitative estimate of drug-likeness (QED) is 0.812. The largest absolute Gasteiger partial charge is 0.505 e. The van der Waals surface area contributed by atoms with Crippen molar-refractivity contribution in [1.29, 1.82) is 0 Å². The fourth-order valence-corrected chi connectivity index (χ4v) is 2.07. The van der Waals surface area contributed by atoms with E-state index in [1.807, 2.05) is 13.0 Å². The van der Waals surface area contributed by atoms with E-state index in [2.05, 4.69) is 5.10 Å². The first kappa shape index (κ1) is 13.6. The van der Waals surface area contributed by atoms with E-state index in [9.17, 15) is 13.2 Å². The third kappa shape index (κ3) is 2.97. The molecule has 0 spiro atoms. The number of hydrogen-bond donors (Lipinski definition) is 0. The van der Waals surface area contributed by atoms with Crippen LogP contribution < -0.4 is 0 Å². The fourth-order valence-electron chi connectivity index (χ4n) is 2.07. The highest BCUT2D eigenvalue weighted by Gasteiger charge is 2.34. The van der Waals surface area contributed by atoms with Gasteiger partial charge in [0.05, 0.1) is 11.4 Å².